The number of aromatic nitrogens is 6. The van der Waals surface area contributed by atoms with E-state index < -0.39 is 17.7 Å². The smallest absolute Gasteiger partial charge is 0.325 e. The molecule has 6 rings (SSSR count). The second kappa shape index (κ2) is 7.65. The fraction of sp³-hybridized carbons (Fsp3) is 0.417. The van der Waals surface area contributed by atoms with Crippen LogP contribution in [-0.4, -0.2) is 46.2 Å². The summed E-state index contributed by atoms with van der Waals surface area (Å²) in [6.45, 7) is 0. The second-order valence-corrected chi connectivity index (χ2v) is 9.52. The minimum atomic E-state index is -4.56. The van der Waals surface area contributed by atoms with Gasteiger partial charge in [-0.3, -0.25) is 18.8 Å². The lowest BCUT2D eigenvalue weighted by Crippen LogP contribution is -2.50. The van der Waals surface area contributed by atoms with Gasteiger partial charge in [-0.15, -0.1) is 0 Å². The standard InChI is InChI=1S/C24H23F4N7O/c1-32-16-8-7-12(25)9-14(16)21(31-32)23(36)35-13-5-4-6-17(35)20-15(10-13)22(34(3)30-20)18-11-19(24(26,27)28)29-33(18)2/h7-9,11,13,17H,4-6,10H2,1-3H3/t13-,17+/m0/s1. The second-order valence-electron chi connectivity index (χ2n) is 9.52. The largest absolute Gasteiger partial charge is 0.435 e. The first-order valence-electron chi connectivity index (χ1n) is 11.7. The Bertz CT molecular complexity index is 1530. The van der Waals surface area contributed by atoms with Gasteiger partial charge in [0.25, 0.3) is 5.91 Å². The van der Waals surface area contributed by atoms with Crippen LogP contribution in [0.5, 0.6) is 0 Å². The van der Waals surface area contributed by atoms with Gasteiger partial charge in [0.15, 0.2) is 11.4 Å². The molecule has 0 N–H and O–H groups in total. The normalized spacial score (nSPS) is 19.7. The number of carbonyl (C=O) groups is 1. The van der Waals surface area contributed by atoms with Crippen molar-refractivity contribution in [3.8, 4) is 11.4 Å². The first-order valence-corrected chi connectivity index (χ1v) is 11.7. The molecule has 0 unspecified atom stereocenters. The Morgan fingerprint density at radius 1 is 1.00 bits per heavy atom. The number of amides is 1. The molecular formula is C24H23F4N7O. The maximum Gasteiger partial charge on any atom is 0.435 e. The molecule has 4 aromatic rings. The highest BCUT2D eigenvalue weighted by molar-refractivity contribution is 6.05. The number of rotatable bonds is 2. The van der Waals surface area contributed by atoms with Crippen molar-refractivity contribution < 1.29 is 22.4 Å². The molecule has 36 heavy (non-hydrogen) atoms. The number of benzene rings is 1. The third-order valence-electron chi connectivity index (χ3n) is 7.34. The molecule has 2 bridgehead atoms. The number of carbonyl (C=O) groups excluding carboxylic acids is 1. The van der Waals surface area contributed by atoms with E-state index in [2.05, 4.69) is 15.3 Å². The number of aryl methyl sites for hydroxylation is 3. The molecule has 1 amide bonds. The van der Waals surface area contributed by atoms with E-state index in [1.165, 1.54) is 23.9 Å². The highest BCUT2D eigenvalue weighted by Crippen LogP contribution is 2.45. The Morgan fingerprint density at radius 3 is 2.50 bits per heavy atom. The zero-order chi connectivity index (χ0) is 25.5. The van der Waals surface area contributed by atoms with Crippen LogP contribution in [0.4, 0.5) is 17.6 Å². The summed E-state index contributed by atoms with van der Waals surface area (Å²) in [5.41, 5.74) is 2.29. The zero-order valence-electron chi connectivity index (χ0n) is 19.8. The molecule has 0 spiro atoms. The van der Waals surface area contributed by atoms with E-state index >= 15 is 0 Å². The summed E-state index contributed by atoms with van der Waals surface area (Å²) in [4.78, 5) is 15.6. The fourth-order valence-electron chi connectivity index (χ4n) is 5.81. The van der Waals surface area contributed by atoms with Crippen LogP contribution < -0.4 is 0 Å². The van der Waals surface area contributed by atoms with E-state index in [0.717, 1.165) is 24.5 Å². The van der Waals surface area contributed by atoms with Crippen LogP contribution in [0.3, 0.4) is 0 Å². The molecule has 12 heteroatoms. The first kappa shape index (κ1) is 22.7. The van der Waals surface area contributed by atoms with Gasteiger partial charge in [0, 0.05) is 38.1 Å². The van der Waals surface area contributed by atoms with Crippen molar-refractivity contribution in [2.24, 2.45) is 21.1 Å². The summed E-state index contributed by atoms with van der Waals surface area (Å²) in [5.74, 6) is -0.743. The van der Waals surface area contributed by atoms with Crippen LogP contribution in [0.25, 0.3) is 22.3 Å². The molecule has 0 aliphatic carbocycles. The molecule has 2 aliphatic rings. The Hall–Kier alpha value is -3.70. The molecule has 0 radical (unpaired) electrons. The maximum absolute atomic E-state index is 14.0. The number of halogens is 4. The van der Waals surface area contributed by atoms with Crippen molar-refractivity contribution in [2.45, 2.75) is 43.9 Å². The lowest BCUT2D eigenvalue weighted by Gasteiger charge is -2.45. The average Bonchev–Trinajstić information content (AvgIpc) is 3.45. The Balaban J connectivity index is 1.44. The minimum absolute atomic E-state index is 0.173. The van der Waals surface area contributed by atoms with Crippen molar-refractivity contribution >= 4 is 16.8 Å². The van der Waals surface area contributed by atoms with Crippen LogP contribution in [0.15, 0.2) is 24.3 Å². The van der Waals surface area contributed by atoms with Gasteiger partial charge in [-0.25, -0.2) is 4.39 Å². The molecule has 1 saturated heterocycles. The molecular weight excluding hydrogens is 478 g/mol. The lowest BCUT2D eigenvalue weighted by atomic mass is 9.82. The van der Waals surface area contributed by atoms with Gasteiger partial charge in [-0.1, -0.05) is 0 Å². The van der Waals surface area contributed by atoms with Gasteiger partial charge in [0.1, 0.15) is 5.82 Å². The van der Waals surface area contributed by atoms with Gasteiger partial charge in [0.05, 0.1) is 28.6 Å². The molecule has 8 nitrogen and oxygen atoms in total. The molecule has 188 valence electrons. The molecule has 3 aromatic heterocycles. The van der Waals surface area contributed by atoms with Crippen molar-refractivity contribution in [3.05, 3.63) is 52.7 Å². The zero-order valence-corrected chi connectivity index (χ0v) is 19.8. The van der Waals surface area contributed by atoms with E-state index in [1.54, 1.807) is 34.4 Å². The van der Waals surface area contributed by atoms with Gasteiger partial charge >= 0.3 is 6.18 Å². The summed E-state index contributed by atoms with van der Waals surface area (Å²) >= 11 is 0. The van der Waals surface area contributed by atoms with E-state index in [0.29, 0.717) is 40.8 Å². The summed E-state index contributed by atoms with van der Waals surface area (Å²) in [6, 6.07) is 4.77. The van der Waals surface area contributed by atoms with Crippen LogP contribution in [0.2, 0.25) is 0 Å². The van der Waals surface area contributed by atoms with Crippen molar-refractivity contribution in [1.29, 1.82) is 0 Å². The number of hydrogen-bond donors (Lipinski definition) is 0. The monoisotopic (exact) mass is 501 g/mol. The molecule has 5 heterocycles. The van der Waals surface area contributed by atoms with Gasteiger partial charge in [-0.2, -0.15) is 28.5 Å². The quantitative estimate of drug-likeness (QED) is 0.387. The third kappa shape index (κ3) is 3.26. The topological polar surface area (TPSA) is 73.8 Å². The van der Waals surface area contributed by atoms with Crippen LogP contribution >= 0.6 is 0 Å². The first-order chi connectivity index (χ1) is 17.0. The number of fused-ring (bicyclic) bond motifs is 5. The van der Waals surface area contributed by atoms with E-state index in [9.17, 15) is 22.4 Å². The molecule has 0 saturated carbocycles. The minimum Gasteiger partial charge on any atom is -0.325 e. The van der Waals surface area contributed by atoms with Crippen LogP contribution in [0, 0.1) is 5.82 Å². The predicted molar refractivity (Wildman–Crippen MR) is 121 cm³/mol. The lowest BCUT2D eigenvalue weighted by molar-refractivity contribution is -0.141. The van der Waals surface area contributed by atoms with Gasteiger partial charge in [0.2, 0.25) is 0 Å². The van der Waals surface area contributed by atoms with E-state index in [1.807, 2.05) is 0 Å². The highest BCUT2D eigenvalue weighted by atomic mass is 19.4. The predicted octanol–water partition coefficient (Wildman–Crippen LogP) is 4.16. The SMILES string of the molecule is Cn1nc(C(F)(F)F)cc1-c1c2c(nn1C)[C@H]1CCC[C@@H](C2)N1C(=O)c1nn(C)c2ccc(F)cc12. The van der Waals surface area contributed by atoms with E-state index in [-0.39, 0.29) is 23.7 Å². The summed E-state index contributed by atoms with van der Waals surface area (Å²) in [6.07, 6.45) is -1.80. The van der Waals surface area contributed by atoms with Crippen molar-refractivity contribution in [2.75, 3.05) is 0 Å². The van der Waals surface area contributed by atoms with Gasteiger partial charge in [-0.05, 0) is 49.9 Å². The van der Waals surface area contributed by atoms with Crippen molar-refractivity contribution in [3.63, 3.8) is 0 Å². The van der Waals surface area contributed by atoms with Crippen molar-refractivity contribution in [1.82, 2.24) is 34.2 Å². The molecule has 1 aromatic carbocycles. The van der Waals surface area contributed by atoms with E-state index in [4.69, 9.17) is 0 Å². The van der Waals surface area contributed by atoms with Crippen LogP contribution in [-0.2, 0) is 33.7 Å². The summed E-state index contributed by atoms with van der Waals surface area (Å²) < 4.78 is 58.3. The summed E-state index contributed by atoms with van der Waals surface area (Å²) in [7, 11) is 4.88. The molecule has 2 atom stereocenters. The Kier molecular flexibility index (Phi) is 4.83. The molecule has 2 aliphatic heterocycles. The third-order valence-corrected chi connectivity index (χ3v) is 7.34. The maximum atomic E-state index is 14.0. The number of hydrogen-bond acceptors (Lipinski definition) is 4. The van der Waals surface area contributed by atoms with Gasteiger partial charge < -0.3 is 4.90 Å². The number of alkyl halides is 3. The summed E-state index contributed by atoms with van der Waals surface area (Å²) in [5, 5.41) is 13.2. The Labute approximate surface area is 203 Å². The Morgan fingerprint density at radius 2 is 1.78 bits per heavy atom. The number of piperidine rings is 1. The fourth-order valence-corrected chi connectivity index (χ4v) is 5.81. The highest BCUT2D eigenvalue weighted by Gasteiger charge is 2.45. The average molecular weight is 501 g/mol. The van der Waals surface area contributed by atoms with Crippen LogP contribution in [0.1, 0.15) is 52.7 Å². The molecule has 1 fully saturated rings. The number of nitrogens with zero attached hydrogens (tertiary/aromatic N) is 7.